The van der Waals surface area contributed by atoms with E-state index in [1.165, 1.54) is 11.1 Å². The first kappa shape index (κ1) is 14.3. The van der Waals surface area contributed by atoms with Crippen molar-refractivity contribution < 1.29 is 4.74 Å². The Morgan fingerprint density at radius 2 is 1.73 bits per heavy atom. The minimum absolute atomic E-state index is 0.804. The Labute approximate surface area is 130 Å². The fourth-order valence-corrected chi connectivity index (χ4v) is 2.59. The SMILES string of the molecule is CCc1ccn(N)c1Cc1cccc(Oc2ccccc2)c1. The Hall–Kier alpha value is -2.68. The molecule has 0 spiro atoms. The van der Waals surface area contributed by atoms with Crippen LogP contribution >= 0.6 is 0 Å². The molecule has 1 aromatic heterocycles. The van der Waals surface area contributed by atoms with Crippen molar-refractivity contribution in [3.05, 3.63) is 83.7 Å². The van der Waals surface area contributed by atoms with Gasteiger partial charge in [0.05, 0.1) is 0 Å². The van der Waals surface area contributed by atoms with Crippen molar-refractivity contribution >= 4 is 0 Å². The van der Waals surface area contributed by atoms with Crippen LogP contribution in [-0.2, 0) is 12.8 Å². The summed E-state index contributed by atoms with van der Waals surface area (Å²) in [6.45, 7) is 2.15. The molecule has 0 bridgehead atoms. The van der Waals surface area contributed by atoms with E-state index in [0.717, 1.165) is 30.0 Å². The predicted octanol–water partition coefficient (Wildman–Crippen LogP) is 4.15. The van der Waals surface area contributed by atoms with E-state index < -0.39 is 0 Å². The quantitative estimate of drug-likeness (QED) is 0.718. The third kappa shape index (κ3) is 3.14. The zero-order chi connectivity index (χ0) is 15.4. The number of benzene rings is 2. The maximum absolute atomic E-state index is 6.01. The summed E-state index contributed by atoms with van der Waals surface area (Å²) < 4.78 is 7.60. The molecule has 2 aromatic carbocycles. The Morgan fingerprint density at radius 3 is 2.50 bits per heavy atom. The van der Waals surface area contributed by atoms with Crippen LogP contribution in [-0.4, -0.2) is 4.68 Å². The number of hydrogen-bond donors (Lipinski definition) is 1. The standard InChI is InChI=1S/C19H20N2O/c1-2-16-11-12-21(20)19(16)14-15-7-6-10-18(13-15)22-17-8-4-3-5-9-17/h3-13H,2,14,20H2,1H3. The lowest BCUT2D eigenvalue weighted by molar-refractivity contribution is 0.482. The third-order valence-corrected chi connectivity index (χ3v) is 3.75. The van der Waals surface area contributed by atoms with Crippen molar-refractivity contribution in [2.45, 2.75) is 19.8 Å². The highest BCUT2D eigenvalue weighted by molar-refractivity contribution is 5.37. The smallest absolute Gasteiger partial charge is 0.127 e. The summed E-state index contributed by atoms with van der Waals surface area (Å²) in [5.74, 6) is 7.70. The molecule has 0 amide bonds. The van der Waals surface area contributed by atoms with Crippen LogP contribution in [0.3, 0.4) is 0 Å². The zero-order valence-electron chi connectivity index (χ0n) is 12.7. The second-order valence-electron chi connectivity index (χ2n) is 5.29. The van der Waals surface area contributed by atoms with E-state index in [9.17, 15) is 0 Å². The highest BCUT2D eigenvalue weighted by Gasteiger charge is 2.08. The van der Waals surface area contributed by atoms with E-state index in [-0.39, 0.29) is 0 Å². The number of ether oxygens (including phenoxy) is 1. The molecule has 3 rings (SSSR count). The van der Waals surface area contributed by atoms with E-state index in [0.29, 0.717) is 0 Å². The lowest BCUT2D eigenvalue weighted by atomic mass is 10.1. The largest absolute Gasteiger partial charge is 0.457 e. The number of nitrogen functional groups attached to an aromatic ring is 1. The first-order valence-electron chi connectivity index (χ1n) is 7.52. The molecule has 2 N–H and O–H groups in total. The Bertz CT molecular complexity index is 747. The molecule has 1 heterocycles. The fraction of sp³-hybridized carbons (Fsp3) is 0.158. The maximum Gasteiger partial charge on any atom is 0.127 e. The van der Waals surface area contributed by atoms with Crippen LogP contribution in [0.5, 0.6) is 11.5 Å². The third-order valence-electron chi connectivity index (χ3n) is 3.75. The zero-order valence-corrected chi connectivity index (χ0v) is 12.7. The molecule has 3 heteroatoms. The molecular weight excluding hydrogens is 272 g/mol. The predicted molar refractivity (Wildman–Crippen MR) is 89.7 cm³/mol. The van der Waals surface area contributed by atoms with E-state index >= 15 is 0 Å². The van der Waals surface area contributed by atoms with Gasteiger partial charge in [-0.15, -0.1) is 0 Å². The van der Waals surface area contributed by atoms with Crippen LogP contribution in [0.1, 0.15) is 23.7 Å². The van der Waals surface area contributed by atoms with Crippen LogP contribution in [0.15, 0.2) is 66.9 Å². The minimum Gasteiger partial charge on any atom is -0.457 e. The van der Waals surface area contributed by atoms with E-state index in [1.54, 1.807) is 4.68 Å². The molecule has 0 aliphatic rings. The summed E-state index contributed by atoms with van der Waals surface area (Å²) in [7, 11) is 0. The van der Waals surface area contributed by atoms with Gasteiger partial charge in [0.1, 0.15) is 11.5 Å². The van der Waals surface area contributed by atoms with E-state index in [4.69, 9.17) is 10.6 Å². The van der Waals surface area contributed by atoms with Gasteiger partial charge in [-0.25, -0.2) is 0 Å². The van der Waals surface area contributed by atoms with Crippen molar-refractivity contribution in [2.24, 2.45) is 0 Å². The number of aryl methyl sites for hydroxylation is 1. The normalized spacial score (nSPS) is 10.6. The summed E-state index contributed by atoms with van der Waals surface area (Å²) >= 11 is 0. The van der Waals surface area contributed by atoms with Crippen LogP contribution < -0.4 is 10.6 Å². The summed E-state index contributed by atoms with van der Waals surface area (Å²) in [5, 5.41) is 0. The number of hydrogen-bond acceptors (Lipinski definition) is 2. The Balaban J connectivity index is 1.81. The molecule has 0 aliphatic carbocycles. The Morgan fingerprint density at radius 1 is 0.955 bits per heavy atom. The molecule has 0 atom stereocenters. The van der Waals surface area contributed by atoms with Crippen LogP contribution in [0.2, 0.25) is 0 Å². The molecule has 3 aromatic rings. The average molecular weight is 292 g/mol. The molecule has 0 aliphatic heterocycles. The first-order chi connectivity index (χ1) is 10.8. The van der Waals surface area contributed by atoms with Gasteiger partial charge in [0, 0.05) is 18.3 Å². The van der Waals surface area contributed by atoms with Gasteiger partial charge in [-0.05, 0) is 47.9 Å². The maximum atomic E-state index is 6.01. The van der Waals surface area contributed by atoms with Crippen LogP contribution in [0, 0.1) is 0 Å². The number of nitrogens with two attached hydrogens (primary N) is 1. The van der Waals surface area contributed by atoms with Gasteiger partial charge in [-0.1, -0.05) is 37.3 Å². The lowest BCUT2D eigenvalue weighted by Gasteiger charge is -2.09. The van der Waals surface area contributed by atoms with E-state index in [2.05, 4.69) is 25.1 Å². The molecule has 0 fully saturated rings. The molecule has 0 saturated heterocycles. The average Bonchev–Trinajstić information content (AvgIpc) is 2.89. The highest BCUT2D eigenvalue weighted by Crippen LogP contribution is 2.23. The monoisotopic (exact) mass is 292 g/mol. The topological polar surface area (TPSA) is 40.2 Å². The highest BCUT2D eigenvalue weighted by atomic mass is 16.5. The molecule has 112 valence electrons. The van der Waals surface area contributed by atoms with Crippen molar-refractivity contribution in [1.29, 1.82) is 0 Å². The number of para-hydroxylation sites is 1. The van der Waals surface area contributed by atoms with Gasteiger partial charge in [0.2, 0.25) is 0 Å². The molecule has 22 heavy (non-hydrogen) atoms. The lowest BCUT2D eigenvalue weighted by Crippen LogP contribution is -2.12. The molecule has 0 radical (unpaired) electrons. The number of nitrogens with zero attached hydrogens (tertiary/aromatic N) is 1. The molecule has 0 unspecified atom stereocenters. The van der Waals surface area contributed by atoms with Gasteiger partial charge in [0.25, 0.3) is 0 Å². The van der Waals surface area contributed by atoms with Crippen LogP contribution in [0.4, 0.5) is 0 Å². The van der Waals surface area contributed by atoms with Gasteiger partial charge in [0.15, 0.2) is 0 Å². The van der Waals surface area contributed by atoms with Crippen molar-refractivity contribution in [1.82, 2.24) is 4.68 Å². The van der Waals surface area contributed by atoms with Gasteiger partial charge in [-0.2, -0.15) is 0 Å². The van der Waals surface area contributed by atoms with Crippen molar-refractivity contribution in [2.75, 3.05) is 5.84 Å². The first-order valence-corrected chi connectivity index (χ1v) is 7.52. The van der Waals surface area contributed by atoms with Crippen molar-refractivity contribution in [3.63, 3.8) is 0 Å². The van der Waals surface area contributed by atoms with Crippen LogP contribution in [0.25, 0.3) is 0 Å². The van der Waals surface area contributed by atoms with Crippen molar-refractivity contribution in [3.8, 4) is 11.5 Å². The summed E-state index contributed by atoms with van der Waals surface area (Å²) in [6.07, 6.45) is 3.71. The number of aromatic nitrogens is 1. The summed E-state index contributed by atoms with van der Waals surface area (Å²) in [5.41, 5.74) is 3.63. The second kappa shape index (κ2) is 6.39. The van der Waals surface area contributed by atoms with Gasteiger partial charge >= 0.3 is 0 Å². The van der Waals surface area contributed by atoms with E-state index in [1.807, 2.05) is 48.7 Å². The molecule has 3 nitrogen and oxygen atoms in total. The fourth-order valence-electron chi connectivity index (χ4n) is 2.59. The summed E-state index contributed by atoms with van der Waals surface area (Å²) in [6, 6.07) is 20.1. The van der Waals surface area contributed by atoms with Gasteiger partial charge in [-0.3, -0.25) is 4.68 Å². The summed E-state index contributed by atoms with van der Waals surface area (Å²) in [4.78, 5) is 0. The minimum atomic E-state index is 0.804. The second-order valence-corrected chi connectivity index (χ2v) is 5.29. The number of rotatable bonds is 5. The Kier molecular flexibility index (Phi) is 4.15. The molecular formula is C19H20N2O. The van der Waals surface area contributed by atoms with Gasteiger partial charge < -0.3 is 10.6 Å². The molecule has 0 saturated carbocycles.